The van der Waals surface area contributed by atoms with Crippen LogP contribution in [0.4, 0.5) is 5.69 Å². The number of nitrogens with one attached hydrogen (secondary N) is 1. The molecular weight excluding hydrogens is 274 g/mol. The number of carbonyl (C=O) groups is 1. The third-order valence-corrected chi connectivity index (χ3v) is 3.73. The minimum atomic E-state index is 0.0195. The van der Waals surface area contributed by atoms with E-state index in [0.29, 0.717) is 13.0 Å². The van der Waals surface area contributed by atoms with Crippen molar-refractivity contribution in [2.24, 2.45) is 0 Å². The Kier molecular flexibility index (Phi) is 4.19. The van der Waals surface area contributed by atoms with Gasteiger partial charge in [-0.15, -0.1) is 0 Å². The number of fused-ring (bicyclic) bond motifs is 1. The Morgan fingerprint density at radius 1 is 1.18 bits per heavy atom. The summed E-state index contributed by atoms with van der Waals surface area (Å²) in [6.07, 6.45) is 3.18. The highest BCUT2D eigenvalue weighted by atomic mass is 16.1. The molecule has 0 aliphatic heterocycles. The van der Waals surface area contributed by atoms with Gasteiger partial charge >= 0.3 is 0 Å². The summed E-state index contributed by atoms with van der Waals surface area (Å²) < 4.78 is 2.01. The van der Waals surface area contributed by atoms with E-state index in [1.54, 1.807) is 6.33 Å². The van der Waals surface area contributed by atoms with Crippen LogP contribution < -0.4 is 5.32 Å². The number of nitrogens with zero attached hydrogens (tertiary/aromatic N) is 2. The van der Waals surface area contributed by atoms with Gasteiger partial charge in [0.1, 0.15) is 0 Å². The third kappa shape index (κ3) is 3.17. The Labute approximate surface area is 129 Å². The predicted molar refractivity (Wildman–Crippen MR) is 88.8 cm³/mol. The van der Waals surface area contributed by atoms with Crippen molar-refractivity contribution in [3.63, 3.8) is 0 Å². The molecule has 1 aromatic heterocycles. The standard InChI is InChI=1S/C18H19N3O/c1-2-14-6-5-7-15(12-14)20-18(22)10-11-21-13-19-16-8-3-4-9-17(16)21/h3-9,12-13H,2,10-11H2,1H3,(H,20,22). The molecule has 2 aromatic carbocycles. The minimum absolute atomic E-state index is 0.0195. The predicted octanol–water partition coefficient (Wildman–Crippen LogP) is 3.63. The molecule has 0 aliphatic carbocycles. The van der Waals surface area contributed by atoms with Gasteiger partial charge in [-0.2, -0.15) is 0 Å². The summed E-state index contributed by atoms with van der Waals surface area (Å²) in [6, 6.07) is 15.9. The highest BCUT2D eigenvalue weighted by molar-refractivity contribution is 5.90. The number of imidazole rings is 1. The fourth-order valence-corrected chi connectivity index (χ4v) is 2.50. The van der Waals surface area contributed by atoms with E-state index in [1.165, 1.54) is 5.56 Å². The summed E-state index contributed by atoms with van der Waals surface area (Å²) in [4.78, 5) is 16.4. The molecule has 0 fully saturated rings. The van der Waals surface area contributed by atoms with Crippen molar-refractivity contribution in [1.82, 2.24) is 9.55 Å². The maximum absolute atomic E-state index is 12.1. The van der Waals surface area contributed by atoms with Gasteiger partial charge in [-0.05, 0) is 36.2 Å². The molecule has 0 saturated heterocycles. The topological polar surface area (TPSA) is 46.9 Å². The van der Waals surface area contributed by atoms with Crippen LogP contribution in [0.25, 0.3) is 11.0 Å². The van der Waals surface area contributed by atoms with E-state index >= 15 is 0 Å². The fourth-order valence-electron chi connectivity index (χ4n) is 2.50. The molecule has 1 amide bonds. The molecule has 3 rings (SSSR count). The first-order valence-corrected chi connectivity index (χ1v) is 7.55. The number of hydrogen-bond donors (Lipinski definition) is 1. The van der Waals surface area contributed by atoms with E-state index in [1.807, 2.05) is 47.0 Å². The zero-order valence-corrected chi connectivity index (χ0v) is 12.6. The van der Waals surface area contributed by atoms with Gasteiger partial charge in [-0.1, -0.05) is 31.2 Å². The van der Waals surface area contributed by atoms with Gasteiger partial charge in [-0.3, -0.25) is 4.79 Å². The average molecular weight is 293 g/mol. The molecule has 4 heteroatoms. The second-order valence-corrected chi connectivity index (χ2v) is 5.28. The number of amides is 1. The second-order valence-electron chi connectivity index (χ2n) is 5.28. The number of aryl methyl sites for hydroxylation is 2. The molecule has 0 atom stereocenters. The van der Waals surface area contributed by atoms with Crippen molar-refractivity contribution in [3.8, 4) is 0 Å². The first-order valence-electron chi connectivity index (χ1n) is 7.55. The summed E-state index contributed by atoms with van der Waals surface area (Å²) in [5, 5.41) is 2.95. The molecule has 0 saturated carbocycles. The molecule has 1 heterocycles. The van der Waals surface area contributed by atoms with Gasteiger partial charge in [0.15, 0.2) is 0 Å². The van der Waals surface area contributed by atoms with E-state index in [2.05, 4.69) is 23.3 Å². The molecule has 0 unspecified atom stereocenters. The maximum atomic E-state index is 12.1. The highest BCUT2D eigenvalue weighted by Gasteiger charge is 2.06. The summed E-state index contributed by atoms with van der Waals surface area (Å²) >= 11 is 0. The SMILES string of the molecule is CCc1cccc(NC(=O)CCn2cnc3ccccc32)c1. The molecular formula is C18H19N3O. The second kappa shape index (κ2) is 6.43. The summed E-state index contributed by atoms with van der Waals surface area (Å²) in [5.74, 6) is 0.0195. The van der Waals surface area contributed by atoms with Gasteiger partial charge in [0, 0.05) is 18.7 Å². The Morgan fingerprint density at radius 3 is 2.91 bits per heavy atom. The largest absolute Gasteiger partial charge is 0.330 e. The van der Waals surface area contributed by atoms with Gasteiger partial charge in [-0.25, -0.2) is 4.98 Å². The van der Waals surface area contributed by atoms with E-state index in [-0.39, 0.29) is 5.91 Å². The number of rotatable bonds is 5. The number of benzene rings is 2. The first kappa shape index (κ1) is 14.3. The van der Waals surface area contributed by atoms with Crippen LogP contribution in [0.3, 0.4) is 0 Å². The van der Waals surface area contributed by atoms with Gasteiger partial charge < -0.3 is 9.88 Å². The Hall–Kier alpha value is -2.62. The monoisotopic (exact) mass is 293 g/mol. The van der Waals surface area contributed by atoms with Crippen molar-refractivity contribution >= 4 is 22.6 Å². The molecule has 0 radical (unpaired) electrons. The van der Waals surface area contributed by atoms with E-state index in [0.717, 1.165) is 23.1 Å². The van der Waals surface area contributed by atoms with Crippen LogP contribution >= 0.6 is 0 Å². The van der Waals surface area contributed by atoms with Crippen LogP contribution in [0.5, 0.6) is 0 Å². The highest BCUT2D eigenvalue weighted by Crippen LogP contribution is 2.14. The molecule has 112 valence electrons. The lowest BCUT2D eigenvalue weighted by atomic mass is 10.1. The lowest BCUT2D eigenvalue weighted by Gasteiger charge is -2.07. The number of anilines is 1. The molecule has 0 bridgehead atoms. The minimum Gasteiger partial charge on any atom is -0.330 e. The van der Waals surface area contributed by atoms with Crippen molar-refractivity contribution in [2.45, 2.75) is 26.3 Å². The van der Waals surface area contributed by atoms with Gasteiger partial charge in [0.2, 0.25) is 5.91 Å². The van der Waals surface area contributed by atoms with E-state index in [4.69, 9.17) is 0 Å². The van der Waals surface area contributed by atoms with Crippen LogP contribution in [0.2, 0.25) is 0 Å². The summed E-state index contributed by atoms with van der Waals surface area (Å²) in [6.45, 7) is 2.73. The first-order chi connectivity index (χ1) is 10.8. The normalized spacial score (nSPS) is 10.8. The number of para-hydroxylation sites is 2. The zero-order valence-electron chi connectivity index (χ0n) is 12.6. The fraction of sp³-hybridized carbons (Fsp3) is 0.222. The van der Waals surface area contributed by atoms with Crippen LogP contribution in [0, 0.1) is 0 Å². The van der Waals surface area contributed by atoms with Gasteiger partial charge in [0.25, 0.3) is 0 Å². The summed E-state index contributed by atoms with van der Waals surface area (Å²) in [7, 11) is 0. The number of aromatic nitrogens is 2. The summed E-state index contributed by atoms with van der Waals surface area (Å²) in [5.41, 5.74) is 4.10. The number of carbonyl (C=O) groups excluding carboxylic acids is 1. The molecule has 22 heavy (non-hydrogen) atoms. The smallest absolute Gasteiger partial charge is 0.226 e. The van der Waals surface area contributed by atoms with Crippen LogP contribution in [-0.2, 0) is 17.8 Å². The van der Waals surface area contributed by atoms with Gasteiger partial charge in [0.05, 0.1) is 17.4 Å². The zero-order chi connectivity index (χ0) is 15.4. The Morgan fingerprint density at radius 2 is 2.05 bits per heavy atom. The lowest BCUT2D eigenvalue weighted by Crippen LogP contribution is -2.14. The maximum Gasteiger partial charge on any atom is 0.226 e. The third-order valence-electron chi connectivity index (χ3n) is 3.73. The Balaban J connectivity index is 1.62. The lowest BCUT2D eigenvalue weighted by molar-refractivity contribution is -0.116. The molecule has 3 aromatic rings. The van der Waals surface area contributed by atoms with E-state index < -0.39 is 0 Å². The molecule has 4 nitrogen and oxygen atoms in total. The Bertz CT molecular complexity index is 792. The van der Waals surface area contributed by atoms with Crippen LogP contribution in [0.1, 0.15) is 18.9 Å². The van der Waals surface area contributed by atoms with Crippen molar-refractivity contribution < 1.29 is 4.79 Å². The molecule has 0 aliphatic rings. The average Bonchev–Trinajstić information content (AvgIpc) is 2.96. The quantitative estimate of drug-likeness (QED) is 0.781. The van der Waals surface area contributed by atoms with Crippen molar-refractivity contribution in [2.75, 3.05) is 5.32 Å². The molecule has 1 N–H and O–H groups in total. The van der Waals surface area contributed by atoms with Crippen molar-refractivity contribution in [3.05, 3.63) is 60.4 Å². The van der Waals surface area contributed by atoms with Crippen molar-refractivity contribution in [1.29, 1.82) is 0 Å². The van der Waals surface area contributed by atoms with E-state index in [9.17, 15) is 4.79 Å². The van der Waals surface area contributed by atoms with Crippen LogP contribution in [-0.4, -0.2) is 15.5 Å². The number of hydrogen-bond acceptors (Lipinski definition) is 2. The van der Waals surface area contributed by atoms with Crippen LogP contribution in [0.15, 0.2) is 54.9 Å². The molecule has 0 spiro atoms.